The first-order valence-corrected chi connectivity index (χ1v) is 18.1. The van der Waals surface area contributed by atoms with Crippen molar-refractivity contribution in [3.63, 3.8) is 0 Å². The Labute approximate surface area is 319 Å². The molecule has 0 bridgehead atoms. The summed E-state index contributed by atoms with van der Waals surface area (Å²) in [4.78, 5) is 25.4. The average molecular weight is 730 g/mol. The first kappa shape index (κ1) is 33.0. The second-order valence-corrected chi connectivity index (χ2v) is 13.2. The van der Waals surface area contributed by atoms with Crippen LogP contribution in [0.15, 0.2) is 176 Å². The van der Waals surface area contributed by atoms with E-state index in [2.05, 4.69) is 0 Å². The normalized spacial score (nSPS) is 11.4. The molecular weight excluding hydrogens is 701 g/mol. The third-order valence-corrected chi connectivity index (χ3v) is 9.79. The largest absolute Gasteiger partial charge is 0.289 e. The molecule has 266 valence electrons. The maximum atomic E-state index is 15.6. The molecule has 0 fully saturated rings. The van der Waals surface area contributed by atoms with Gasteiger partial charge in [0.25, 0.3) is 0 Å². The molecule has 10 rings (SSSR count). The Balaban J connectivity index is 1.22. The Morgan fingerprint density at radius 2 is 0.696 bits per heavy atom. The smallest absolute Gasteiger partial charge is 0.164 e. The highest BCUT2D eigenvalue weighted by atomic mass is 19.1. The quantitative estimate of drug-likeness (QED) is 0.163. The van der Waals surface area contributed by atoms with Crippen LogP contribution in [0.2, 0.25) is 0 Å². The van der Waals surface area contributed by atoms with Crippen LogP contribution in [-0.4, -0.2) is 34.1 Å². The molecular formula is C47H29F2N7. The summed E-state index contributed by atoms with van der Waals surface area (Å²) in [5.41, 5.74) is 7.26. The summed E-state index contributed by atoms with van der Waals surface area (Å²) in [5, 5.41) is 0. The Bertz CT molecular complexity index is 2890. The number of hydrogen-bond acceptors (Lipinski definition) is 5. The van der Waals surface area contributed by atoms with Crippen LogP contribution in [0.3, 0.4) is 0 Å². The predicted molar refractivity (Wildman–Crippen MR) is 216 cm³/mol. The molecule has 0 N–H and O–H groups in total. The van der Waals surface area contributed by atoms with Crippen molar-refractivity contribution in [2.45, 2.75) is 0 Å². The van der Waals surface area contributed by atoms with Crippen molar-refractivity contribution in [3.8, 4) is 68.3 Å². The maximum Gasteiger partial charge on any atom is 0.164 e. The lowest BCUT2D eigenvalue weighted by Gasteiger charge is -2.15. The molecule has 7 aromatic carbocycles. The van der Waals surface area contributed by atoms with Gasteiger partial charge in [-0.1, -0.05) is 127 Å². The van der Waals surface area contributed by atoms with Crippen molar-refractivity contribution >= 4 is 22.1 Å². The summed E-state index contributed by atoms with van der Waals surface area (Å²) in [6, 6.07) is 53.9. The van der Waals surface area contributed by atoms with E-state index in [0.29, 0.717) is 73.8 Å². The number of nitrogens with zero attached hydrogens (tertiary/aromatic N) is 7. The standard InChI is InChI=1S/C47H29F2N7/c48-35-22-8-12-26-39(35)55-41-28-14-10-24-37(41)50-46(55)33-20-6-4-18-31(33)44-52-43(30-16-2-1-3-17-30)53-45(54-44)32-19-5-7-21-34(32)47-51-38-25-11-15-29-42(38)56(47)40-27-13-9-23-36(40)49/h1-29H. The Hall–Kier alpha value is -7.65. The molecule has 7 nitrogen and oxygen atoms in total. The monoisotopic (exact) mass is 729 g/mol. The van der Waals surface area contributed by atoms with Crippen molar-refractivity contribution in [1.82, 2.24) is 34.1 Å². The van der Waals surface area contributed by atoms with Gasteiger partial charge in [0.1, 0.15) is 23.3 Å². The number of imidazole rings is 2. The van der Waals surface area contributed by atoms with E-state index in [1.165, 1.54) is 12.1 Å². The maximum absolute atomic E-state index is 15.6. The van der Waals surface area contributed by atoms with E-state index in [1.54, 1.807) is 24.3 Å². The number of aromatic nitrogens is 7. The molecule has 56 heavy (non-hydrogen) atoms. The first-order chi connectivity index (χ1) is 27.6. The first-order valence-electron chi connectivity index (χ1n) is 18.1. The summed E-state index contributed by atoms with van der Waals surface area (Å²) >= 11 is 0. The van der Waals surface area contributed by atoms with E-state index in [0.717, 1.165) is 16.6 Å². The molecule has 10 aromatic rings. The fourth-order valence-electron chi connectivity index (χ4n) is 7.25. The lowest BCUT2D eigenvalue weighted by molar-refractivity contribution is 0.619. The van der Waals surface area contributed by atoms with Gasteiger partial charge in [0, 0.05) is 27.8 Å². The molecule has 9 heteroatoms. The molecule has 0 aliphatic carbocycles. The molecule has 0 saturated heterocycles. The SMILES string of the molecule is Fc1ccccc1-n1c(-c2ccccc2-c2nc(-c3ccccc3)nc(-c3ccccc3-c3nc4ccccc4n3-c3ccccc3F)n2)nc2ccccc21. The third kappa shape index (κ3) is 5.61. The minimum absolute atomic E-state index is 0.374. The van der Waals surface area contributed by atoms with Gasteiger partial charge in [-0.15, -0.1) is 0 Å². The van der Waals surface area contributed by atoms with Crippen LogP contribution in [0.5, 0.6) is 0 Å². The van der Waals surface area contributed by atoms with Gasteiger partial charge in [-0.05, 0) is 48.5 Å². The Morgan fingerprint density at radius 1 is 0.321 bits per heavy atom. The lowest BCUT2D eigenvalue weighted by atomic mass is 10.0. The van der Waals surface area contributed by atoms with E-state index in [4.69, 9.17) is 24.9 Å². The molecule has 0 atom stereocenters. The van der Waals surface area contributed by atoms with Crippen molar-refractivity contribution < 1.29 is 8.78 Å². The molecule has 0 saturated carbocycles. The van der Waals surface area contributed by atoms with Crippen LogP contribution in [0.25, 0.3) is 90.4 Å². The summed E-state index contributed by atoms with van der Waals surface area (Å²) in [6.07, 6.45) is 0. The molecule has 0 radical (unpaired) electrons. The number of benzene rings is 7. The number of fused-ring (bicyclic) bond motifs is 2. The predicted octanol–water partition coefficient (Wildman–Crippen LogP) is 11.2. The Kier molecular flexibility index (Phi) is 8.03. The second-order valence-electron chi connectivity index (χ2n) is 13.2. The van der Waals surface area contributed by atoms with E-state index in [1.807, 2.05) is 149 Å². The van der Waals surface area contributed by atoms with Crippen LogP contribution >= 0.6 is 0 Å². The highest BCUT2D eigenvalue weighted by Crippen LogP contribution is 2.39. The summed E-state index contributed by atoms with van der Waals surface area (Å²) in [5.74, 6) is 1.58. The number of halogens is 2. The van der Waals surface area contributed by atoms with Crippen LogP contribution < -0.4 is 0 Å². The molecule has 0 unspecified atom stereocenters. The molecule has 3 aromatic heterocycles. The van der Waals surface area contributed by atoms with Gasteiger partial charge in [-0.2, -0.15) is 0 Å². The minimum atomic E-state index is -0.374. The summed E-state index contributed by atoms with van der Waals surface area (Å²) < 4.78 is 34.8. The second kappa shape index (κ2) is 13.6. The zero-order chi connectivity index (χ0) is 37.6. The fraction of sp³-hybridized carbons (Fsp3) is 0. The molecule has 0 spiro atoms. The summed E-state index contributed by atoms with van der Waals surface area (Å²) in [6.45, 7) is 0. The van der Waals surface area contributed by atoms with Gasteiger partial charge in [0.2, 0.25) is 0 Å². The van der Waals surface area contributed by atoms with Gasteiger partial charge in [0.15, 0.2) is 17.5 Å². The number of rotatable bonds is 7. The van der Waals surface area contributed by atoms with Crippen LogP contribution in [0.1, 0.15) is 0 Å². The van der Waals surface area contributed by atoms with E-state index < -0.39 is 0 Å². The van der Waals surface area contributed by atoms with Gasteiger partial charge in [0.05, 0.1) is 33.4 Å². The molecule has 0 aliphatic heterocycles. The third-order valence-electron chi connectivity index (χ3n) is 9.79. The molecule has 0 amide bonds. The molecule has 0 aliphatic rings. The lowest BCUT2D eigenvalue weighted by Crippen LogP contribution is -2.05. The fourth-order valence-corrected chi connectivity index (χ4v) is 7.25. The van der Waals surface area contributed by atoms with Crippen molar-refractivity contribution in [2.24, 2.45) is 0 Å². The van der Waals surface area contributed by atoms with Gasteiger partial charge in [-0.25, -0.2) is 33.7 Å². The number of para-hydroxylation sites is 6. The zero-order valence-corrected chi connectivity index (χ0v) is 29.6. The topological polar surface area (TPSA) is 74.3 Å². The van der Waals surface area contributed by atoms with Gasteiger partial charge < -0.3 is 0 Å². The van der Waals surface area contributed by atoms with Crippen LogP contribution in [0.4, 0.5) is 8.78 Å². The van der Waals surface area contributed by atoms with Crippen molar-refractivity contribution in [2.75, 3.05) is 0 Å². The van der Waals surface area contributed by atoms with E-state index in [-0.39, 0.29) is 11.6 Å². The minimum Gasteiger partial charge on any atom is -0.289 e. The van der Waals surface area contributed by atoms with Crippen molar-refractivity contribution in [1.29, 1.82) is 0 Å². The van der Waals surface area contributed by atoms with Crippen LogP contribution in [0, 0.1) is 11.6 Å². The highest BCUT2D eigenvalue weighted by molar-refractivity contribution is 5.90. The van der Waals surface area contributed by atoms with E-state index >= 15 is 8.78 Å². The van der Waals surface area contributed by atoms with Crippen LogP contribution in [-0.2, 0) is 0 Å². The van der Waals surface area contributed by atoms with Gasteiger partial charge >= 0.3 is 0 Å². The Morgan fingerprint density at radius 3 is 1.18 bits per heavy atom. The average Bonchev–Trinajstić information content (AvgIpc) is 3.83. The zero-order valence-electron chi connectivity index (χ0n) is 29.6. The molecule has 3 heterocycles. The number of hydrogen-bond donors (Lipinski definition) is 0. The van der Waals surface area contributed by atoms with Crippen molar-refractivity contribution in [3.05, 3.63) is 188 Å². The summed E-state index contributed by atoms with van der Waals surface area (Å²) in [7, 11) is 0. The highest BCUT2D eigenvalue weighted by Gasteiger charge is 2.24. The van der Waals surface area contributed by atoms with E-state index in [9.17, 15) is 0 Å². The van der Waals surface area contributed by atoms with Gasteiger partial charge in [-0.3, -0.25) is 9.13 Å².